The van der Waals surface area contributed by atoms with E-state index in [0.29, 0.717) is 43.0 Å². The highest BCUT2D eigenvalue weighted by Crippen LogP contribution is 2.38. The molecule has 1 aromatic carbocycles. The van der Waals surface area contributed by atoms with Crippen molar-refractivity contribution in [3.8, 4) is 17.2 Å². The fourth-order valence-corrected chi connectivity index (χ4v) is 4.67. The minimum Gasteiger partial charge on any atom is -0.493 e. The standard InChI is InChI=1S/C22H32N4O4S/c1-6-9-26-20(23-24-22(26)31-15-17-8-7-10-30-17)14-25(2)13-16-11-18(27-3)21(29-5)19(12-16)28-4/h6,11-12,17H,1,7-10,13-15H2,2-5H3. The van der Waals surface area contributed by atoms with Gasteiger partial charge in [-0.25, -0.2) is 0 Å². The lowest BCUT2D eigenvalue weighted by molar-refractivity contribution is 0.129. The Morgan fingerprint density at radius 1 is 1.19 bits per heavy atom. The summed E-state index contributed by atoms with van der Waals surface area (Å²) in [4.78, 5) is 2.18. The first-order valence-corrected chi connectivity index (χ1v) is 11.3. The van der Waals surface area contributed by atoms with E-state index in [0.717, 1.165) is 41.7 Å². The molecule has 1 aromatic heterocycles. The van der Waals surface area contributed by atoms with E-state index in [9.17, 15) is 0 Å². The minimum absolute atomic E-state index is 0.310. The van der Waals surface area contributed by atoms with Gasteiger partial charge in [-0.05, 0) is 37.6 Å². The number of benzene rings is 1. The van der Waals surface area contributed by atoms with Crippen LogP contribution in [0.1, 0.15) is 24.2 Å². The van der Waals surface area contributed by atoms with Crippen LogP contribution in [0.15, 0.2) is 29.9 Å². The number of hydrogen-bond acceptors (Lipinski definition) is 8. The van der Waals surface area contributed by atoms with Crippen LogP contribution in [-0.2, 0) is 24.4 Å². The highest BCUT2D eigenvalue weighted by Gasteiger charge is 2.20. The molecule has 2 heterocycles. The molecule has 170 valence electrons. The molecular weight excluding hydrogens is 416 g/mol. The Hall–Kier alpha value is -2.23. The van der Waals surface area contributed by atoms with E-state index in [2.05, 4.69) is 33.3 Å². The third-order valence-corrected chi connectivity index (χ3v) is 6.21. The summed E-state index contributed by atoms with van der Waals surface area (Å²) >= 11 is 1.70. The molecule has 1 saturated heterocycles. The summed E-state index contributed by atoms with van der Waals surface area (Å²) in [5, 5.41) is 9.78. The van der Waals surface area contributed by atoms with Gasteiger partial charge in [0.2, 0.25) is 5.75 Å². The Bertz CT molecular complexity index is 842. The Morgan fingerprint density at radius 2 is 1.94 bits per heavy atom. The number of rotatable bonds is 12. The van der Waals surface area contributed by atoms with Gasteiger partial charge < -0.3 is 23.5 Å². The first-order chi connectivity index (χ1) is 15.1. The maximum atomic E-state index is 5.73. The fourth-order valence-electron chi connectivity index (χ4n) is 3.63. The molecule has 1 aliphatic rings. The van der Waals surface area contributed by atoms with Crippen LogP contribution >= 0.6 is 11.8 Å². The average Bonchev–Trinajstić information content (AvgIpc) is 3.42. The van der Waals surface area contributed by atoms with Gasteiger partial charge in [-0.15, -0.1) is 16.8 Å². The molecule has 8 nitrogen and oxygen atoms in total. The molecule has 1 fully saturated rings. The predicted octanol–water partition coefficient (Wildman–Crippen LogP) is 3.39. The molecule has 0 aliphatic carbocycles. The fraction of sp³-hybridized carbons (Fsp3) is 0.545. The molecular formula is C22H32N4O4S. The Kier molecular flexibility index (Phi) is 8.62. The first kappa shape index (κ1) is 23.4. The summed E-state index contributed by atoms with van der Waals surface area (Å²) < 4.78 is 24.2. The third-order valence-electron chi connectivity index (χ3n) is 5.12. The van der Waals surface area contributed by atoms with Crippen LogP contribution in [0.3, 0.4) is 0 Å². The van der Waals surface area contributed by atoms with Gasteiger partial charge in [0.05, 0.1) is 34.0 Å². The van der Waals surface area contributed by atoms with E-state index in [1.807, 2.05) is 18.2 Å². The highest BCUT2D eigenvalue weighted by molar-refractivity contribution is 7.99. The summed E-state index contributed by atoms with van der Waals surface area (Å²) in [5.41, 5.74) is 1.06. The zero-order chi connectivity index (χ0) is 22.2. The van der Waals surface area contributed by atoms with E-state index in [1.54, 1.807) is 33.1 Å². The minimum atomic E-state index is 0.310. The molecule has 0 bridgehead atoms. The zero-order valence-corrected chi connectivity index (χ0v) is 19.6. The Balaban J connectivity index is 1.69. The predicted molar refractivity (Wildman–Crippen MR) is 121 cm³/mol. The number of methoxy groups -OCH3 is 3. The molecule has 3 rings (SSSR count). The molecule has 0 spiro atoms. The van der Waals surface area contributed by atoms with Crippen molar-refractivity contribution in [2.45, 2.75) is 43.7 Å². The van der Waals surface area contributed by atoms with Crippen LogP contribution in [0, 0.1) is 0 Å². The van der Waals surface area contributed by atoms with Crippen LogP contribution < -0.4 is 14.2 Å². The molecule has 0 saturated carbocycles. The largest absolute Gasteiger partial charge is 0.493 e. The van der Waals surface area contributed by atoms with Crippen molar-refractivity contribution in [3.63, 3.8) is 0 Å². The van der Waals surface area contributed by atoms with Gasteiger partial charge in [-0.3, -0.25) is 4.90 Å². The van der Waals surface area contributed by atoms with Crippen LogP contribution in [0.25, 0.3) is 0 Å². The molecule has 0 N–H and O–H groups in total. The van der Waals surface area contributed by atoms with Gasteiger partial charge >= 0.3 is 0 Å². The van der Waals surface area contributed by atoms with Crippen molar-refractivity contribution in [2.24, 2.45) is 0 Å². The topological polar surface area (TPSA) is 70.9 Å². The van der Waals surface area contributed by atoms with E-state index < -0.39 is 0 Å². The smallest absolute Gasteiger partial charge is 0.203 e. The Morgan fingerprint density at radius 3 is 2.52 bits per heavy atom. The van der Waals surface area contributed by atoms with E-state index >= 15 is 0 Å². The van der Waals surface area contributed by atoms with Crippen LogP contribution in [0.5, 0.6) is 17.2 Å². The van der Waals surface area contributed by atoms with Gasteiger partial charge in [0, 0.05) is 25.4 Å². The number of nitrogens with zero attached hydrogens (tertiary/aromatic N) is 4. The molecule has 0 radical (unpaired) electrons. The zero-order valence-electron chi connectivity index (χ0n) is 18.8. The molecule has 1 atom stereocenters. The number of thioether (sulfide) groups is 1. The summed E-state index contributed by atoms with van der Waals surface area (Å²) in [6.07, 6.45) is 4.45. The van der Waals surface area contributed by atoms with Crippen LogP contribution in [0.2, 0.25) is 0 Å². The van der Waals surface area contributed by atoms with Crippen molar-refractivity contribution in [2.75, 3.05) is 40.7 Å². The summed E-state index contributed by atoms with van der Waals surface area (Å²) in [5.74, 6) is 3.69. The van der Waals surface area contributed by atoms with Crippen molar-refractivity contribution in [1.82, 2.24) is 19.7 Å². The first-order valence-electron chi connectivity index (χ1n) is 10.3. The third kappa shape index (κ3) is 5.93. The Labute approximate surface area is 188 Å². The molecule has 0 amide bonds. The van der Waals surface area contributed by atoms with Gasteiger partial charge in [-0.2, -0.15) is 0 Å². The highest BCUT2D eigenvalue weighted by atomic mass is 32.2. The molecule has 31 heavy (non-hydrogen) atoms. The van der Waals surface area contributed by atoms with Gasteiger partial charge in [-0.1, -0.05) is 17.8 Å². The van der Waals surface area contributed by atoms with E-state index in [1.165, 1.54) is 0 Å². The van der Waals surface area contributed by atoms with Crippen molar-refractivity contribution >= 4 is 11.8 Å². The lowest BCUT2D eigenvalue weighted by Gasteiger charge is -2.19. The molecule has 1 unspecified atom stereocenters. The van der Waals surface area contributed by atoms with Gasteiger partial charge in [0.1, 0.15) is 5.82 Å². The SMILES string of the molecule is C=CCn1c(CN(C)Cc2cc(OC)c(OC)c(OC)c2)nnc1SCC1CCCO1. The molecule has 2 aromatic rings. The second-order valence-electron chi connectivity index (χ2n) is 7.45. The maximum absolute atomic E-state index is 5.73. The van der Waals surface area contributed by atoms with E-state index in [-0.39, 0.29) is 0 Å². The van der Waals surface area contributed by atoms with Gasteiger partial charge in [0.25, 0.3) is 0 Å². The number of ether oxygens (including phenoxy) is 4. The van der Waals surface area contributed by atoms with Gasteiger partial charge in [0.15, 0.2) is 16.7 Å². The maximum Gasteiger partial charge on any atom is 0.203 e. The number of allylic oxidation sites excluding steroid dienone is 1. The quantitative estimate of drug-likeness (QED) is 0.361. The molecule has 9 heteroatoms. The lowest BCUT2D eigenvalue weighted by Crippen LogP contribution is -2.20. The second kappa shape index (κ2) is 11.4. The lowest BCUT2D eigenvalue weighted by atomic mass is 10.1. The number of hydrogen-bond donors (Lipinski definition) is 0. The second-order valence-corrected chi connectivity index (χ2v) is 8.44. The monoisotopic (exact) mass is 448 g/mol. The number of aromatic nitrogens is 3. The summed E-state index contributed by atoms with van der Waals surface area (Å²) in [6.45, 7) is 6.77. The summed E-state index contributed by atoms with van der Waals surface area (Å²) in [6, 6.07) is 3.93. The van der Waals surface area contributed by atoms with E-state index in [4.69, 9.17) is 18.9 Å². The normalized spacial score (nSPS) is 16.0. The summed E-state index contributed by atoms with van der Waals surface area (Å²) in [7, 11) is 6.90. The van der Waals surface area contributed by atoms with Crippen LogP contribution in [-0.4, -0.2) is 66.5 Å². The molecule has 1 aliphatic heterocycles. The van der Waals surface area contributed by atoms with Crippen LogP contribution in [0.4, 0.5) is 0 Å². The van der Waals surface area contributed by atoms with Crippen molar-refractivity contribution < 1.29 is 18.9 Å². The van der Waals surface area contributed by atoms with Crippen molar-refractivity contribution in [1.29, 1.82) is 0 Å². The average molecular weight is 449 g/mol. The van der Waals surface area contributed by atoms with Crippen molar-refractivity contribution in [3.05, 3.63) is 36.2 Å².